The number of ether oxygens (including phenoxy) is 1. The highest BCUT2D eigenvalue weighted by Crippen LogP contribution is 2.36. The third-order valence-corrected chi connectivity index (χ3v) is 4.80. The Morgan fingerprint density at radius 1 is 1.05 bits per heavy atom. The first kappa shape index (κ1) is 16.1. The summed E-state index contributed by atoms with van der Waals surface area (Å²) in [5, 5.41) is 3.44. The van der Waals surface area contributed by atoms with Crippen LogP contribution in [-0.2, 0) is 0 Å². The predicted octanol–water partition coefficient (Wildman–Crippen LogP) is 4.69. The van der Waals surface area contributed by atoms with Crippen LogP contribution in [0.4, 0.5) is 0 Å². The number of benzene rings is 2. The molecule has 21 heavy (non-hydrogen) atoms. The van der Waals surface area contributed by atoms with E-state index >= 15 is 0 Å². The molecule has 0 aliphatic rings. The summed E-state index contributed by atoms with van der Waals surface area (Å²) in [4.78, 5) is 0. The molecule has 0 bridgehead atoms. The van der Waals surface area contributed by atoms with Crippen LogP contribution in [0.25, 0.3) is 0 Å². The van der Waals surface area contributed by atoms with Crippen LogP contribution in [0, 0.1) is 20.8 Å². The molecule has 2 nitrogen and oxygen atoms in total. The minimum absolute atomic E-state index is 0.109. The standard InChI is InChI=1S/C18H22BrNO/c1-11-7-6-8-12(2)17(11)18(20-4)14-10-15(19)13(3)9-16(14)21-5/h6-10,18,20H,1-5H3. The van der Waals surface area contributed by atoms with Crippen LogP contribution in [0.1, 0.15) is 33.9 Å². The lowest BCUT2D eigenvalue weighted by Gasteiger charge is -2.24. The molecule has 0 spiro atoms. The largest absolute Gasteiger partial charge is 0.496 e. The van der Waals surface area contributed by atoms with E-state index in [0.717, 1.165) is 15.8 Å². The number of hydrogen-bond donors (Lipinski definition) is 1. The first-order chi connectivity index (χ1) is 9.99. The Morgan fingerprint density at radius 2 is 1.67 bits per heavy atom. The normalized spacial score (nSPS) is 12.3. The van der Waals surface area contributed by atoms with Crippen LogP contribution in [0.2, 0.25) is 0 Å². The highest BCUT2D eigenvalue weighted by Gasteiger charge is 2.21. The van der Waals surface area contributed by atoms with E-state index in [-0.39, 0.29) is 6.04 Å². The molecule has 0 saturated heterocycles. The first-order valence-electron chi connectivity index (χ1n) is 7.07. The van der Waals surface area contributed by atoms with Gasteiger partial charge in [-0.1, -0.05) is 34.1 Å². The van der Waals surface area contributed by atoms with Crippen LogP contribution in [-0.4, -0.2) is 14.2 Å². The molecule has 2 aromatic rings. The minimum atomic E-state index is 0.109. The summed E-state index contributed by atoms with van der Waals surface area (Å²) in [6, 6.07) is 10.8. The number of nitrogens with one attached hydrogen (secondary N) is 1. The van der Waals surface area contributed by atoms with Gasteiger partial charge in [-0.2, -0.15) is 0 Å². The van der Waals surface area contributed by atoms with Crippen LogP contribution in [0.15, 0.2) is 34.8 Å². The molecule has 0 saturated carbocycles. The molecule has 112 valence electrons. The fraction of sp³-hybridized carbons (Fsp3) is 0.333. The van der Waals surface area contributed by atoms with Gasteiger partial charge < -0.3 is 10.1 Å². The molecular weight excluding hydrogens is 326 g/mol. The maximum atomic E-state index is 5.60. The quantitative estimate of drug-likeness (QED) is 0.865. The number of methoxy groups -OCH3 is 1. The zero-order valence-corrected chi connectivity index (χ0v) is 14.8. The van der Waals surface area contributed by atoms with Crippen LogP contribution in [0.5, 0.6) is 5.75 Å². The molecule has 1 atom stereocenters. The second-order valence-electron chi connectivity index (χ2n) is 5.37. The van der Waals surface area contributed by atoms with E-state index in [1.165, 1.54) is 22.3 Å². The Kier molecular flexibility index (Phi) is 5.07. The zero-order valence-electron chi connectivity index (χ0n) is 13.3. The van der Waals surface area contributed by atoms with E-state index in [0.29, 0.717) is 0 Å². The number of rotatable bonds is 4. The summed E-state index contributed by atoms with van der Waals surface area (Å²) in [7, 11) is 3.72. The molecule has 1 N–H and O–H groups in total. The summed E-state index contributed by atoms with van der Waals surface area (Å²) < 4.78 is 6.71. The van der Waals surface area contributed by atoms with E-state index < -0.39 is 0 Å². The zero-order chi connectivity index (χ0) is 15.6. The lowest BCUT2D eigenvalue weighted by Crippen LogP contribution is -2.20. The van der Waals surface area contributed by atoms with Crippen molar-refractivity contribution in [3.63, 3.8) is 0 Å². The lowest BCUT2D eigenvalue weighted by molar-refractivity contribution is 0.405. The lowest BCUT2D eigenvalue weighted by atomic mass is 9.90. The van der Waals surface area contributed by atoms with Gasteiger partial charge in [0.05, 0.1) is 13.2 Å². The minimum Gasteiger partial charge on any atom is -0.496 e. The van der Waals surface area contributed by atoms with E-state index in [4.69, 9.17) is 4.74 Å². The molecule has 3 heteroatoms. The number of halogens is 1. The average molecular weight is 348 g/mol. The second kappa shape index (κ2) is 6.63. The summed E-state index contributed by atoms with van der Waals surface area (Å²) in [6.45, 7) is 6.38. The molecule has 0 heterocycles. The van der Waals surface area contributed by atoms with Gasteiger partial charge in [-0.25, -0.2) is 0 Å². The van der Waals surface area contributed by atoms with Crippen LogP contribution in [0.3, 0.4) is 0 Å². The van der Waals surface area contributed by atoms with Gasteiger partial charge in [-0.05, 0) is 62.2 Å². The van der Waals surface area contributed by atoms with Crippen molar-refractivity contribution in [1.82, 2.24) is 5.32 Å². The van der Waals surface area contributed by atoms with Crippen molar-refractivity contribution in [2.45, 2.75) is 26.8 Å². The fourth-order valence-electron chi connectivity index (χ4n) is 2.81. The average Bonchev–Trinajstić information content (AvgIpc) is 2.46. The van der Waals surface area contributed by atoms with Gasteiger partial charge in [0.2, 0.25) is 0 Å². The van der Waals surface area contributed by atoms with Gasteiger partial charge in [0, 0.05) is 10.0 Å². The smallest absolute Gasteiger partial charge is 0.124 e. The molecule has 0 fully saturated rings. The summed E-state index contributed by atoms with van der Waals surface area (Å²) in [5.74, 6) is 0.915. The van der Waals surface area contributed by atoms with Gasteiger partial charge >= 0.3 is 0 Å². The van der Waals surface area contributed by atoms with E-state index in [1.807, 2.05) is 7.05 Å². The monoisotopic (exact) mass is 347 g/mol. The van der Waals surface area contributed by atoms with Crippen LogP contribution >= 0.6 is 15.9 Å². The van der Waals surface area contributed by atoms with Gasteiger partial charge in [-0.3, -0.25) is 0 Å². The molecule has 0 radical (unpaired) electrons. The Hall–Kier alpha value is -1.32. The summed E-state index contributed by atoms with van der Waals surface area (Å²) in [6.07, 6.45) is 0. The number of aryl methyl sites for hydroxylation is 3. The SMILES string of the molecule is CNC(c1cc(Br)c(C)cc1OC)c1c(C)cccc1C. The third-order valence-electron chi connectivity index (χ3n) is 3.94. The third kappa shape index (κ3) is 3.14. The van der Waals surface area contributed by atoms with Crippen molar-refractivity contribution < 1.29 is 4.74 Å². The van der Waals surface area contributed by atoms with E-state index in [9.17, 15) is 0 Å². The van der Waals surface area contributed by atoms with Crippen molar-refractivity contribution in [3.8, 4) is 5.75 Å². The highest BCUT2D eigenvalue weighted by molar-refractivity contribution is 9.10. The molecule has 0 amide bonds. The Labute approximate surface area is 135 Å². The molecule has 0 aliphatic carbocycles. The van der Waals surface area contributed by atoms with Crippen LogP contribution < -0.4 is 10.1 Å². The molecule has 0 aliphatic heterocycles. The Bertz CT molecular complexity index is 632. The maximum absolute atomic E-state index is 5.60. The molecular formula is C18H22BrNO. The van der Waals surface area contributed by atoms with E-state index in [1.54, 1.807) is 7.11 Å². The van der Waals surface area contributed by atoms with Crippen molar-refractivity contribution in [3.05, 3.63) is 62.6 Å². The van der Waals surface area contributed by atoms with E-state index in [2.05, 4.69) is 72.3 Å². The van der Waals surface area contributed by atoms with Crippen molar-refractivity contribution in [2.24, 2.45) is 0 Å². The van der Waals surface area contributed by atoms with Gasteiger partial charge in [0.25, 0.3) is 0 Å². The van der Waals surface area contributed by atoms with Gasteiger partial charge in [-0.15, -0.1) is 0 Å². The molecule has 0 aromatic heterocycles. The second-order valence-corrected chi connectivity index (χ2v) is 6.22. The topological polar surface area (TPSA) is 21.3 Å². The predicted molar refractivity (Wildman–Crippen MR) is 92.2 cm³/mol. The fourth-order valence-corrected chi connectivity index (χ4v) is 3.17. The molecule has 2 aromatic carbocycles. The van der Waals surface area contributed by atoms with Crippen molar-refractivity contribution in [2.75, 3.05) is 14.2 Å². The number of hydrogen-bond acceptors (Lipinski definition) is 2. The van der Waals surface area contributed by atoms with Crippen molar-refractivity contribution >= 4 is 15.9 Å². The maximum Gasteiger partial charge on any atom is 0.124 e. The Balaban J connectivity index is 2.64. The van der Waals surface area contributed by atoms with Crippen molar-refractivity contribution in [1.29, 1.82) is 0 Å². The highest BCUT2D eigenvalue weighted by atomic mass is 79.9. The summed E-state index contributed by atoms with van der Waals surface area (Å²) in [5.41, 5.74) is 6.21. The molecule has 2 rings (SSSR count). The Morgan fingerprint density at radius 3 is 2.19 bits per heavy atom. The summed E-state index contributed by atoms with van der Waals surface area (Å²) >= 11 is 3.63. The molecule has 1 unspecified atom stereocenters. The van der Waals surface area contributed by atoms with Gasteiger partial charge in [0.15, 0.2) is 0 Å². The first-order valence-corrected chi connectivity index (χ1v) is 7.86. The van der Waals surface area contributed by atoms with Gasteiger partial charge in [0.1, 0.15) is 5.75 Å².